The van der Waals surface area contributed by atoms with E-state index in [9.17, 15) is 0 Å². The van der Waals surface area contributed by atoms with Crippen LogP contribution in [0.4, 0.5) is 0 Å². The fourth-order valence-corrected chi connectivity index (χ4v) is 2.90. The number of fused-ring (bicyclic) bond motifs is 1. The van der Waals surface area contributed by atoms with Gasteiger partial charge in [0.1, 0.15) is 12.7 Å². The third-order valence-corrected chi connectivity index (χ3v) is 4.19. The number of hydrogen-bond acceptors (Lipinski definition) is 6. The van der Waals surface area contributed by atoms with Crippen LogP contribution in [0.25, 0.3) is 22.2 Å². The molecule has 0 spiro atoms. The lowest BCUT2D eigenvalue weighted by molar-refractivity contribution is 0.0317. The molecule has 1 unspecified atom stereocenters. The molecular weight excluding hydrogens is 318 g/mol. The quantitative estimate of drug-likeness (QED) is 0.781. The van der Waals surface area contributed by atoms with Crippen molar-refractivity contribution >= 4 is 10.9 Å². The number of hydrogen-bond donors (Lipinski definition) is 1. The van der Waals surface area contributed by atoms with Gasteiger partial charge in [0.2, 0.25) is 5.88 Å². The van der Waals surface area contributed by atoms with Gasteiger partial charge in [0, 0.05) is 38.2 Å². The van der Waals surface area contributed by atoms with E-state index in [1.54, 1.807) is 17.1 Å². The Bertz CT molecular complexity index is 856. The van der Waals surface area contributed by atoms with Crippen LogP contribution in [0, 0.1) is 0 Å². The van der Waals surface area contributed by atoms with Crippen molar-refractivity contribution in [1.29, 1.82) is 0 Å². The van der Waals surface area contributed by atoms with Gasteiger partial charge in [0.15, 0.2) is 0 Å². The maximum Gasteiger partial charge on any atom is 0.223 e. The molecule has 130 valence electrons. The van der Waals surface area contributed by atoms with Gasteiger partial charge in [-0.1, -0.05) is 0 Å². The molecule has 7 nitrogen and oxygen atoms in total. The van der Waals surface area contributed by atoms with Crippen molar-refractivity contribution in [1.82, 2.24) is 25.1 Å². The second-order valence-corrected chi connectivity index (χ2v) is 6.15. The standard InChI is InChI=1S/C18H21N5O2/c1-23-11-13(9-21-23)16-8-17-15(4-2-6-20-17)18(22-16)25-12-14-10-19-5-3-7-24-14/h2,4,6,8-9,11,14,19H,3,5,7,10,12H2,1H3. The van der Waals surface area contributed by atoms with Crippen molar-refractivity contribution in [3.05, 3.63) is 36.8 Å². The molecule has 0 bridgehead atoms. The summed E-state index contributed by atoms with van der Waals surface area (Å²) in [7, 11) is 1.89. The Labute approximate surface area is 146 Å². The molecule has 1 aliphatic heterocycles. The summed E-state index contributed by atoms with van der Waals surface area (Å²) in [5, 5.41) is 8.48. The fourth-order valence-electron chi connectivity index (χ4n) is 2.90. The normalized spacial score (nSPS) is 18.2. The van der Waals surface area contributed by atoms with Crippen molar-refractivity contribution in [2.45, 2.75) is 12.5 Å². The molecule has 0 aromatic carbocycles. The number of aryl methyl sites for hydroxylation is 1. The molecule has 25 heavy (non-hydrogen) atoms. The highest BCUT2D eigenvalue weighted by Gasteiger charge is 2.16. The summed E-state index contributed by atoms with van der Waals surface area (Å²) in [5.74, 6) is 0.581. The minimum absolute atomic E-state index is 0.0260. The molecule has 4 heterocycles. The average molecular weight is 339 g/mol. The molecule has 3 aromatic heterocycles. The summed E-state index contributed by atoms with van der Waals surface area (Å²) < 4.78 is 13.6. The van der Waals surface area contributed by atoms with Gasteiger partial charge in [0.25, 0.3) is 0 Å². The van der Waals surface area contributed by atoms with Crippen LogP contribution in [0.5, 0.6) is 5.88 Å². The minimum Gasteiger partial charge on any atom is -0.474 e. The van der Waals surface area contributed by atoms with Crippen molar-refractivity contribution < 1.29 is 9.47 Å². The van der Waals surface area contributed by atoms with Crippen molar-refractivity contribution in [2.75, 3.05) is 26.3 Å². The third kappa shape index (κ3) is 3.62. The van der Waals surface area contributed by atoms with Gasteiger partial charge in [-0.05, 0) is 31.2 Å². The first kappa shape index (κ1) is 16.0. The predicted molar refractivity (Wildman–Crippen MR) is 94.5 cm³/mol. The third-order valence-electron chi connectivity index (χ3n) is 4.19. The van der Waals surface area contributed by atoms with E-state index < -0.39 is 0 Å². The predicted octanol–water partition coefficient (Wildman–Crippen LogP) is 1.79. The molecule has 3 aromatic rings. The molecular formula is C18H21N5O2. The maximum atomic E-state index is 6.04. The van der Waals surface area contributed by atoms with Crippen LogP contribution in [0.1, 0.15) is 6.42 Å². The number of pyridine rings is 2. The smallest absolute Gasteiger partial charge is 0.223 e. The largest absolute Gasteiger partial charge is 0.474 e. The Kier molecular flexibility index (Phi) is 4.58. The van der Waals surface area contributed by atoms with Gasteiger partial charge in [-0.3, -0.25) is 9.67 Å². The second kappa shape index (κ2) is 7.16. The average Bonchev–Trinajstić information content (AvgIpc) is 2.91. The van der Waals surface area contributed by atoms with Gasteiger partial charge in [-0.15, -0.1) is 0 Å². The first-order chi connectivity index (χ1) is 12.3. The maximum absolute atomic E-state index is 6.04. The molecule has 1 N–H and O–H groups in total. The summed E-state index contributed by atoms with van der Waals surface area (Å²) in [6.07, 6.45) is 6.55. The summed E-state index contributed by atoms with van der Waals surface area (Å²) in [5.41, 5.74) is 2.59. The lowest BCUT2D eigenvalue weighted by atomic mass is 10.2. The molecule has 7 heteroatoms. The van der Waals surface area contributed by atoms with E-state index in [0.717, 1.165) is 48.3 Å². The highest BCUT2D eigenvalue weighted by Crippen LogP contribution is 2.28. The van der Waals surface area contributed by atoms with Crippen LogP contribution < -0.4 is 10.1 Å². The van der Waals surface area contributed by atoms with E-state index in [1.165, 1.54) is 0 Å². The van der Waals surface area contributed by atoms with Crippen molar-refractivity contribution in [3.8, 4) is 17.1 Å². The van der Waals surface area contributed by atoms with E-state index >= 15 is 0 Å². The van der Waals surface area contributed by atoms with Crippen LogP contribution in [0.2, 0.25) is 0 Å². The molecule has 1 saturated heterocycles. The summed E-state index contributed by atoms with van der Waals surface area (Å²) in [6, 6.07) is 5.83. The first-order valence-electron chi connectivity index (χ1n) is 8.49. The number of rotatable bonds is 4. The second-order valence-electron chi connectivity index (χ2n) is 6.15. The molecule has 1 atom stereocenters. The zero-order valence-electron chi connectivity index (χ0n) is 14.2. The monoisotopic (exact) mass is 339 g/mol. The van der Waals surface area contributed by atoms with Crippen LogP contribution in [0.3, 0.4) is 0 Å². The van der Waals surface area contributed by atoms with Crippen molar-refractivity contribution in [2.24, 2.45) is 7.05 Å². The number of aromatic nitrogens is 4. The van der Waals surface area contributed by atoms with E-state index in [0.29, 0.717) is 12.5 Å². The zero-order chi connectivity index (χ0) is 17.1. The number of nitrogens with zero attached hydrogens (tertiary/aromatic N) is 4. The van der Waals surface area contributed by atoms with Gasteiger partial charge < -0.3 is 14.8 Å². The highest BCUT2D eigenvalue weighted by atomic mass is 16.5. The van der Waals surface area contributed by atoms with Gasteiger partial charge >= 0.3 is 0 Å². The summed E-state index contributed by atoms with van der Waals surface area (Å²) in [6.45, 7) is 2.99. The molecule has 0 amide bonds. The van der Waals surface area contributed by atoms with Crippen LogP contribution in [-0.2, 0) is 11.8 Å². The van der Waals surface area contributed by atoms with E-state index in [-0.39, 0.29) is 6.10 Å². The summed E-state index contributed by atoms with van der Waals surface area (Å²) >= 11 is 0. The Hall–Kier alpha value is -2.51. The molecule has 0 aliphatic carbocycles. The Morgan fingerprint density at radius 2 is 2.40 bits per heavy atom. The topological polar surface area (TPSA) is 74.1 Å². The molecule has 1 aliphatic rings. The number of nitrogens with one attached hydrogen (secondary N) is 1. The van der Waals surface area contributed by atoms with E-state index in [2.05, 4.69) is 15.4 Å². The molecule has 0 radical (unpaired) electrons. The van der Waals surface area contributed by atoms with Gasteiger partial charge in [-0.2, -0.15) is 5.10 Å². The fraction of sp³-hybridized carbons (Fsp3) is 0.389. The Morgan fingerprint density at radius 3 is 3.28 bits per heavy atom. The van der Waals surface area contributed by atoms with E-state index in [4.69, 9.17) is 14.5 Å². The van der Waals surface area contributed by atoms with Crippen LogP contribution >= 0.6 is 0 Å². The number of ether oxygens (including phenoxy) is 2. The minimum atomic E-state index is 0.0260. The molecule has 1 fully saturated rings. The lowest BCUT2D eigenvalue weighted by Gasteiger charge is -2.16. The Morgan fingerprint density at radius 1 is 1.44 bits per heavy atom. The Balaban J connectivity index is 1.64. The van der Waals surface area contributed by atoms with Gasteiger partial charge in [0.05, 0.1) is 22.8 Å². The lowest BCUT2D eigenvalue weighted by Crippen LogP contribution is -2.31. The molecule has 4 rings (SSSR count). The van der Waals surface area contributed by atoms with E-state index in [1.807, 2.05) is 31.4 Å². The summed E-state index contributed by atoms with van der Waals surface area (Å²) in [4.78, 5) is 9.15. The molecule has 0 saturated carbocycles. The van der Waals surface area contributed by atoms with Crippen LogP contribution in [-0.4, -0.2) is 52.2 Å². The van der Waals surface area contributed by atoms with Crippen molar-refractivity contribution in [3.63, 3.8) is 0 Å². The highest BCUT2D eigenvalue weighted by molar-refractivity contribution is 5.86. The zero-order valence-corrected chi connectivity index (χ0v) is 14.2. The van der Waals surface area contributed by atoms with Crippen LogP contribution in [0.15, 0.2) is 36.8 Å². The first-order valence-corrected chi connectivity index (χ1v) is 8.49. The SMILES string of the molecule is Cn1cc(-c2cc3ncccc3c(OCC3CNCCCO3)n2)cn1. The van der Waals surface area contributed by atoms with Gasteiger partial charge in [-0.25, -0.2) is 4.98 Å².